The predicted molar refractivity (Wildman–Crippen MR) is 114 cm³/mol. The van der Waals surface area contributed by atoms with Crippen LogP contribution in [0.1, 0.15) is 12.0 Å². The highest BCUT2D eigenvalue weighted by Crippen LogP contribution is 2.26. The number of carbonyl (C=O) groups is 3. The van der Waals surface area contributed by atoms with Crippen molar-refractivity contribution in [2.24, 2.45) is 0 Å². The first-order chi connectivity index (χ1) is 14.9. The van der Waals surface area contributed by atoms with Crippen molar-refractivity contribution in [3.05, 3.63) is 65.7 Å². The van der Waals surface area contributed by atoms with Crippen molar-refractivity contribution in [1.29, 1.82) is 0 Å². The average Bonchev–Trinajstić information content (AvgIpc) is 3.11. The molecule has 0 bridgehead atoms. The quantitative estimate of drug-likeness (QED) is 0.738. The summed E-state index contributed by atoms with van der Waals surface area (Å²) in [6, 6.07) is 10.7. The zero-order valence-corrected chi connectivity index (χ0v) is 17.3. The fraction of sp³-hybridized carbons (Fsp3) is 0.318. The molecule has 3 amide bonds. The summed E-state index contributed by atoms with van der Waals surface area (Å²) in [5, 5.41) is 4.84. The molecule has 2 aromatic rings. The maximum absolute atomic E-state index is 14.0. The van der Waals surface area contributed by atoms with Gasteiger partial charge in [0.15, 0.2) is 0 Å². The summed E-state index contributed by atoms with van der Waals surface area (Å²) in [5.74, 6) is -1.74. The van der Waals surface area contributed by atoms with Crippen molar-refractivity contribution in [3.8, 4) is 0 Å². The Kier molecular flexibility index (Phi) is 6.22. The van der Waals surface area contributed by atoms with Gasteiger partial charge in [-0.1, -0.05) is 30.3 Å². The zero-order valence-electron chi connectivity index (χ0n) is 16.5. The van der Waals surface area contributed by atoms with Gasteiger partial charge in [0, 0.05) is 12.3 Å². The number of nitrogens with zero attached hydrogens (tertiary/aromatic N) is 1. The Hall–Kier alpha value is -2.94. The molecule has 0 saturated carbocycles. The molecule has 3 atom stereocenters. The Morgan fingerprint density at radius 3 is 2.52 bits per heavy atom. The molecule has 0 unspecified atom stereocenters. The highest BCUT2D eigenvalue weighted by atomic mass is 32.2. The summed E-state index contributed by atoms with van der Waals surface area (Å²) in [6.07, 6.45) is 0.582. The van der Waals surface area contributed by atoms with Crippen LogP contribution in [0.2, 0.25) is 0 Å². The maximum Gasteiger partial charge on any atom is 0.249 e. The van der Waals surface area contributed by atoms with Crippen molar-refractivity contribution >= 4 is 35.2 Å². The molecule has 6 nitrogen and oxygen atoms in total. The Morgan fingerprint density at radius 2 is 1.81 bits per heavy atom. The van der Waals surface area contributed by atoms with Crippen LogP contribution < -0.4 is 15.5 Å². The number of carbonyl (C=O) groups excluding carboxylic acids is 3. The summed E-state index contributed by atoms with van der Waals surface area (Å²) >= 11 is 1.28. The lowest BCUT2D eigenvalue weighted by Crippen LogP contribution is -2.56. The van der Waals surface area contributed by atoms with Gasteiger partial charge in [0.25, 0.3) is 0 Å². The van der Waals surface area contributed by atoms with Crippen LogP contribution in [0.5, 0.6) is 0 Å². The van der Waals surface area contributed by atoms with E-state index in [2.05, 4.69) is 10.6 Å². The first-order valence-corrected chi connectivity index (χ1v) is 11.0. The minimum absolute atomic E-state index is 0.182. The van der Waals surface area contributed by atoms with Crippen LogP contribution in [0.25, 0.3) is 0 Å². The van der Waals surface area contributed by atoms with E-state index in [1.807, 2.05) is 0 Å². The first kappa shape index (κ1) is 21.3. The largest absolute Gasteiger partial charge is 0.343 e. The molecule has 2 saturated heterocycles. The molecule has 2 fully saturated rings. The number of rotatable bonds is 5. The van der Waals surface area contributed by atoms with Crippen LogP contribution in [-0.2, 0) is 20.8 Å². The molecule has 9 heteroatoms. The van der Waals surface area contributed by atoms with Crippen molar-refractivity contribution in [1.82, 2.24) is 10.6 Å². The van der Waals surface area contributed by atoms with E-state index in [1.54, 1.807) is 30.3 Å². The van der Waals surface area contributed by atoms with Gasteiger partial charge in [-0.3, -0.25) is 14.4 Å². The number of anilines is 1. The van der Waals surface area contributed by atoms with Gasteiger partial charge >= 0.3 is 0 Å². The third kappa shape index (κ3) is 4.56. The normalized spacial score (nSPS) is 23.5. The Balaban J connectivity index is 1.33. The van der Waals surface area contributed by atoms with E-state index >= 15 is 0 Å². The van der Waals surface area contributed by atoms with Crippen LogP contribution in [0.3, 0.4) is 0 Å². The van der Waals surface area contributed by atoms with Gasteiger partial charge in [-0.25, -0.2) is 8.78 Å². The van der Waals surface area contributed by atoms with Gasteiger partial charge in [-0.05, 0) is 36.6 Å². The smallest absolute Gasteiger partial charge is 0.249 e. The van der Waals surface area contributed by atoms with E-state index < -0.39 is 29.1 Å². The number of nitrogens with one attached hydrogen (secondary N) is 2. The molecule has 2 aliphatic rings. The minimum atomic E-state index is -0.787. The minimum Gasteiger partial charge on any atom is -0.343 e. The monoisotopic (exact) mass is 445 g/mol. The number of benzene rings is 2. The fourth-order valence-corrected chi connectivity index (χ4v) is 4.92. The van der Waals surface area contributed by atoms with Crippen molar-refractivity contribution in [3.63, 3.8) is 0 Å². The number of para-hydroxylation sites is 1. The molecule has 2 heterocycles. The van der Waals surface area contributed by atoms with E-state index in [4.69, 9.17) is 0 Å². The molecule has 0 spiro atoms. The number of amides is 3. The molecule has 2 aromatic carbocycles. The highest BCUT2D eigenvalue weighted by molar-refractivity contribution is 8.00. The summed E-state index contributed by atoms with van der Waals surface area (Å²) in [7, 11) is 0. The van der Waals surface area contributed by atoms with Crippen LogP contribution in [0.4, 0.5) is 14.5 Å². The molecule has 2 N–H and O–H groups in total. The Bertz CT molecular complexity index is 1020. The SMILES string of the molecule is O=C(N[C@@H]1CCN(c2ccccc2F)C1=O)[C@H]1CS[C@H](Cc2ccccc2F)C(=O)N1. The van der Waals surface area contributed by atoms with Gasteiger partial charge in [0.05, 0.1) is 10.9 Å². The lowest BCUT2D eigenvalue weighted by Gasteiger charge is -2.29. The molecule has 0 aromatic heterocycles. The van der Waals surface area contributed by atoms with Crippen LogP contribution in [0, 0.1) is 11.6 Å². The number of hydrogen-bond acceptors (Lipinski definition) is 4. The van der Waals surface area contributed by atoms with E-state index in [0.29, 0.717) is 24.3 Å². The van der Waals surface area contributed by atoms with Crippen molar-refractivity contribution in [2.45, 2.75) is 30.2 Å². The molecular formula is C22H21F2N3O3S. The van der Waals surface area contributed by atoms with Crippen molar-refractivity contribution in [2.75, 3.05) is 17.2 Å². The van der Waals surface area contributed by atoms with Gasteiger partial charge < -0.3 is 15.5 Å². The average molecular weight is 445 g/mol. The molecular weight excluding hydrogens is 424 g/mol. The number of halogens is 2. The van der Waals surface area contributed by atoms with E-state index in [-0.39, 0.29) is 29.7 Å². The topological polar surface area (TPSA) is 78.5 Å². The fourth-order valence-electron chi connectivity index (χ4n) is 3.75. The van der Waals surface area contributed by atoms with E-state index in [9.17, 15) is 23.2 Å². The second-order valence-electron chi connectivity index (χ2n) is 7.47. The van der Waals surface area contributed by atoms with Gasteiger partial charge in [-0.15, -0.1) is 11.8 Å². The summed E-state index contributed by atoms with van der Waals surface area (Å²) < 4.78 is 27.9. The molecule has 2 aliphatic heterocycles. The summed E-state index contributed by atoms with van der Waals surface area (Å²) in [5.41, 5.74) is 0.629. The number of hydrogen-bond donors (Lipinski definition) is 2. The van der Waals surface area contributed by atoms with Gasteiger partial charge in [0.2, 0.25) is 17.7 Å². The lowest BCUT2D eigenvalue weighted by molar-refractivity contribution is -0.130. The predicted octanol–water partition coefficient (Wildman–Crippen LogP) is 2.03. The third-order valence-electron chi connectivity index (χ3n) is 5.42. The van der Waals surface area contributed by atoms with E-state index in [0.717, 1.165) is 0 Å². The third-order valence-corrected chi connectivity index (χ3v) is 6.73. The van der Waals surface area contributed by atoms with E-state index in [1.165, 1.54) is 34.9 Å². The second kappa shape index (κ2) is 9.05. The molecule has 0 radical (unpaired) electrons. The lowest BCUT2D eigenvalue weighted by atomic mass is 10.1. The second-order valence-corrected chi connectivity index (χ2v) is 8.71. The van der Waals surface area contributed by atoms with Crippen LogP contribution >= 0.6 is 11.8 Å². The maximum atomic E-state index is 14.0. The highest BCUT2D eigenvalue weighted by Gasteiger charge is 2.38. The first-order valence-electron chi connectivity index (χ1n) is 9.95. The number of thioether (sulfide) groups is 1. The Morgan fingerprint density at radius 1 is 1.10 bits per heavy atom. The Labute approximate surface area is 182 Å². The standard InChI is InChI=1S/C22H21F2N3O3S/c23-14-6-2-1-5-13(14)11-19-21(29)26-17(12-31-19)20(28)25-16-9-10-27(22(16)30)18-8-4-3-7-15(18)24/h1-8,16-17,19H,9-12H2,(H,25,28)(H,26,29)/t16-,17-,19-/m1/s1. The van der Waals surface area contributed by atoms with Gasteiger partial charge in [-0.2, -0.15) is 0 Å². The molecule has 0 aliphatic carbocycles. The van der Waals surface area contributed by atoms with Crippen LogP contribution in [0.15, 0.2) is 48.5 Å². The zero-order chi connectivity index (χ0) is 22.0. The van der Waals surface area contributed by atoms with Gasteiger partial charge in [0.1, 0.15) is 23.7 Å². The van der Waals surface area contributed by atoms with Crippen molar-refractivity contribution < 1.29 is 23.2 Å². The molecule has 4 rings (SSSR count). The summed E-state index contributed by atoms with van der Waals surface area (Å²) in [6.45, 7) is 0.293. The molecule has 162 valence electrons. The van der Waals surface area contributed by atoms with Crippen LogP contribution in [-0.4, -0.2) is 47.4 Å². The summed E-state index contributed by atoms with van der Waals surface area (Å²) in [4.78, 5) is 39.0. The molecule has 31 heavy (non-hydrogen) atoms.